The van der Waals surface area contributed by atoms with Crippen LogP contribution in [0.5, 0.6) is 0 Å². The average molecular weight is 277 g/mol. The van der Waals surface area contributed by atoms with E-state index in [9.17, 15) is 9.59 Å². The monoisotopic (exact) mass is 277 g/mol. The van der Waals surface area contributed by atoms with Crippen molar-refractivity contribution in [3.63, 3.8) is 0 Å². The number of hydrogen-bond acceptors (Lipinski definition) is 5. The Bertz CT molecular complexity index is 663. The fourth-order valence-electron chi connectivity index (χ4n) is 2.12. The fraction of sp³-hybridized carbons (Fsp3) is 0.385. The normalized spacial score (nSPS) is 12.6. The van der Waals surface area contributed by atoms with Gasteiger partial charge in [0.25, 0.3) is 0 Å². The van der Waals surface area contributed by atoms with Crippen LogP contribution in [-0.4, -0.2) is 39.1 Å². The molecule has 0 bridgehead atoms. The van der Waals surface area contributed by atoms with Crippen LogP contribution >= 0.6 is 0 Å². The lowest BCUT2D eigenvalue weighted by Crippen LogP contribution is -2.26. The number of carbonyl (C=O) groups is 2. The lowest BCUT2D eigenvalue weighted by Gasteiger charge is -2.18. The van der Waals surface area contributed by atoms with Crippen molar-refractivity contribution in [1.82, 2.24) is 15.0 Å². The molecule has 0 aliphatic carbocycles. The van der Waals surface area contributed by atoms with E-state index in [2.05, 4.69) is 10.3 Å². The number of carboxylic acids is 1. The van der Waals surface area contributed by atoms with Crippen molar-refractivity contribution >= 4 is 23.0 Å². The highest BCUT2D eigenvalue weighted by atomic mass is 16.5. The van der Waals surface area contributed by atoms with E-state index in [0.29, 0.717) is 5.52 Å². The highest BCUT2D eigenvalue weighted by Crippen LogP contribution is 2.24. The summed E-state index contributed by atoms with van der Waals surface area (Å²) in [5.74, 6) is -1.59. The number of benzene rings is 1. The quantitative estimate of drug-likeness (QED) is 0.851. The third-order valence-electron chi connectivity index (χ3n) is 3.07. The zero-order valence-electron chi connectivity index (χ0n) is 11.4. The number of aromatic nitrogens is 3. The van der Waals surface area contributed by atoms with E-state index in [-0.39, 0.29) is 17.0 Å². The molecule has 0 saturated carbocycles. The second-order valence-corrected chi connectivity index (χ2v) is 4.72. The maximum absolute atomic E-state index is 11.9. The van der Waals surface area contributed by atoms with Gasteiger partial charge in [0, 0.05) is 0 Å². The van der Waals surface area contributed by atoms with Gasteiger partial charge in [-0.2, -0.15) is 0 Å². The SMILES string of the molecule is COC(=O)C(C(C)C)n1nnc2c(C(=O)O)cccc21. The van der Waals surface area contributed by atoms with Crippen molar-refractivity contribution in [2.24, 2.45) is 5.92 Å². The summed E-state index contributed by atoms with van der Waals surface area (Å²) in [5, 5.41) is 16.9. The molecule has 0 radical (unpaired) electrons. The van der Waals surface area contributed by atoms with Gasteiger partial charge in [0.2, 0.25) is 0 Å². The summed E-state index contributed by atoms with van der Waals surface area (Å²) >= 11 is 0. The van der Waals surface area contributed by atoms with E-state index in [0.717, 1.165) is 0 Å². The highest BCUT2D eigenvalue weighted by molar-refractivity contribution is 6.00. The Labute approximate surface area is 115 Å². The number of aromatic carboxylic acids is 1. The molecule has 106 valence electrons. The largest absolute Gasteiger partial charge is 0.478 e. The third-order valence-corrected chi connectivity index (χ3v) is 3.07. The van der Waals surface area contributed by atoms with Gasteiger partial charge in [-0.1, -0.05) is 25.1 Å². The van der Waals surface area contributed by atoms with E-state index in [1.54, 1.807) is 12.1 Å². The molecule has 7 nitrogen and oxygen atoms in total. The minimum absolute atomic E-state index is 0.0566. The molecule has 2 rings (SSSR count). The summed E-state index contributed by atoms with van der Waals surface area (Å²) in [6.07, 6.45) is 0. The van der Waals surface area contributed by atoms with Crippen LogP contribution < -0.4 is 0 Å². The van der Waals surface area contributed by atoms with Gasteiger partial charge in [-0.3, -0.25) is 0 Å². The van der Waals surface area contributed by atoms with Crippen LogP contribution in [0, 0.1) is 5.92 Å². The van der Waals surface area contributed by atoms with Crippen LogP contribution in [0.15, 0.2) is 18.2 Å². The van der Waals surface area contributed by atoms with Gasteiger partial charge >= 0.3 is 11.9 Å². The van der Waals surface area contributed by atoms with Crippen molar-refractivity contribution in [2.75, 3.05) is 7.11 Å². The predicted octanol–water partition coefficient (Wildman–Crippen LogP) is 1.50. The summed E-state index contributed by atoms with van der Waals surface area (Å²) in [7, 11) is 1.31. The molecule has 0 saturated heterocycles. The second kappa shape index (κ2) is 5.28. The summed E-state index contributed by atoms with van der Waals surface area (Å²) in [4.78, 5) is 23.0. The van der Waals surface area contributed by atoms with Crippen LogP contribution in [0.3, 0.4) is 0 Å². The third kappa shape index (κ3) is 2.22. The number of carbonyl (C=O) groups excluding carboxylic acids is 1. The minimum atomic E-state index is -1.08. The van der Waals surface area contributed by atoms with Crippen molar-refractivity contribution in [3.8, 4) is 0 Å². The van der Waals surface area contributed by atoms with Gasteiger partial charge in [0.05, 0.1) is 18.2 Å². The maximum Gasteiger partial charge on any atom is 0.338 e. The van der Waals surface area contributed by atoms with Gasteiger partial charge in [-0.15, -0.1) is 5.10 Å². The van der Waals surface area contributed by atoms with Crippen LogP contribution in [0.4, 0.5) is 0 Å². The Morgan fingerprint density at radius 3 is 2.60 bits per heavy atom. The smallest absolute Gasteiger partial charge is 0.338 e. The van der Waals surface area contributed by atoms with Crippen molar-refractivity contribution in [2.45, 2.75) is 19.9 Å². The zero-order chi connectivity index (χ0) is 14.9. The Kier molecular flexibility index (Phi) is 3.69. The number of nitrogens with zero attached hydrogens (tertiary/aromatic N) is 3. The van der Waals surface area contributed by atoms with Gasteiger partial charge in [-0.25, -0.2) is 14.3 Å². The summed E-state index contributed by atoms with van der Waals surface area (Å²) in [6.45, 7) is 3.71. The molecule has 20 heavy (non-hydrogen) atoms. The van der Waals surface area contributed by atoms with Gasteiger partial charge < -0.3 is 9.84 Å². The van der Waals surface area contributed by atoms with Crippen LogP contribution in [0.25, 0.3) is 11.0 Å². The number of hydrogen-bond donors (Lipinski definition) is 1. The lowest BCUT2D eigenvalue weighted by atomic mass is 10.0. The first-order valence-electron chi connectivity index (χ1n) is 6.12. The molecule has 1 N–H and O–H groups in total. The molecule has 7 heteroatoms. The second-order valence-electron chi connectivity index (χ2n) is 4.72. The molecule has 1 atom stereocenters. The molecule has 1 unspecified atom stereocenters. The molecular formula is C13H15N3O4. The van der Waals surface area contributed by atoms with Crippen molar-refractivity contribution < 1.29 is 19.4 Å². The Morgan fingerprint density at radius 2 is 2.05 bits per heavy atom. The Hall–Kier alpha value is -2.44. The molecule has 2 aromatic rings. The molecule has 0 spiro atoms. The number of carboxylic acid groups (broad SMARTS) is 1. The number of ether oxygens (including phenoxy) is 1. The van der Waals surface area contributed by atoms with E-state index in [4.69, 9.17) is 9.84 Å². The topological polar surface area (TPSA) is 94.3 Å². The summed E-state index contributed by atoms with van der Waals surface area (Å²) in [6, 6.07) is 4.08. The summed E-state index contributed by atoms with van der Waals surface area (Å²) in [5.41, 5.74) is 0.810. The van der Waals surface area contributed by atoms with E-state index < -0.39 is 18.0 Å². The molecule has 1 aromatic carbocycles. The van der Waals surface area contributed by atoms with E-state index in [1.807, 2.05) is 13.8 Å². The zero-order valence-corrected chi connectivity index (χ0v) is 11.4. The first-order chi connectivity index (χ1) is 9.47. The minimum Gasteiger partial charge on any atom is -0.478 e. The number of rotatable bonds is 4. The molecule has 0 aliphatic heterocycles. The Morgan fingerprint density at radius 1 is 1.35 bits per heavy atom. The van der Waals surface area contributed by atoms with Gasteiger partial charge in [-0.05, 0) is 18.1 Å². The van der Waals surface area contributed by atoms with Crippen molar-refractivity contribution in [3.05, 3.63) is 23.8 Å². The van der Waals surface area contributed by atoms with Crippen LogP contribution in [0.1, 0.15) is 30.2 Å². The maximum atomic E-state index is 11.9. The lowest BCUT2D eigenvalue weighted by molar-refractivity contribution is -0.146. The number of fused-ring (bicyclic) bond motifs is 1. The van der Waals surface area contributed by atoms with Gasteiger partial charge in [0.1, 0.15) is 5.52 Å². The first kappa shape index (κ1) is 14.0. The first-order valence-corrected chi connectivity index (χ1v) is 6.12. The molecule has 0 aliphatic rings. The number of methoxy groups -OCH3 is 1. The summed E-state index contributed by atoms with van der Waals surface area (Å²) < 4.78 is 6.20. The number of esters is 1. The van der Waals surface area contributed by atoms with Crippen LogP contribution in [0.2, 0.25) is 0 Å². The predicted molar refractivity (Wildman–Crippen MR) is 70.4 cm³/mol. The van der Waals surface area contributed by atoms with Crippen LogP contribution in [-0.2, 0) is 9.53 Å². The highest BCUT2D eigenvalue weighted by Gasteiger charge is 2.28. The van der Waals surface area contributed by atoms with Crippen molar-refractivity contribution in [1.29, 1.82) is 0 Å². The van der Waals surface area contributed by atoms with Gasteiger partial charge in [0.15, 0.2) is 6.04 Å². The molecule has 0 amide bonds. The molecule has 1 heterocycles. The molecule has 0 fully saturated rings. The average Bonchev–Trinajstić information content (AvgIpc) is 2.82. The fourth-order valence-corrected chi connectivity index (χ4v) is 2.12. The Balaban J connectivity index is 2.63. The van der Waals surface area contributed by atoms with E-state index >= 15 is 0 Å². The van der Waals surface area contributed by atoms with E-state index in [1.165, 1.54) is 17.9 Å². The molecular weight excluding hydrogens is 262 g/mol. The standard InChI is InChI=1S/C13H15N3O4/c1-7(2)11(13(19)20-3)16-9-6-4-5-8(12(17)18)10(9)14-15-16/h4-7,11H,1-3H3,(H,17,18). The molecule has 1 aromatic heterocycles.